The van der Waals surface area contributed by atoms with Crippen LogP contribution >= 0.6 is 0 Å². The van der Waals surface area contributed by atoms with Crippen LogP contribution in [-0.4, -0.2) is 54.8 Å². The van der Waals surface area contributed by atoms with Gasteiger partial charge < -0.3 is 30.9 Å². The van der Waals surface area contributed by atoms with E-state index in [0.29, 0.717) is 43.0 Å². The number of nitrogens with two attached hydrogens (primary N) is 1. The molecule has 0 bridgehead atoms. The van der Waals surface area contributed by atoms with Gasteiger partial charge in [-0.25, -0.2) is 14.8 Å². The number of pyridine rings is 1. The Labute approximate surface area is 191 Å². The van der Waals surface area contributed by atoms with Crippen LogP contribution in [0.15, 0.2) is 18.3 Å². The minimum Gasteiger partial charge on any atom is -0.465 e. The minimum atomic E-state index is -0.883. The standard InChI is InChI=1S/C22H27N9O2/c1-12-15(11-23)20(29-21(24)26-12)25-13(2)19-17(10-18-16(28-19)6-7-30(18)3)27-14-4-8-31(9-5-14)22(32)33/h6-7,10,13-14,27H,4-5,8-9H2,1-3H3,(H,32,33)(H3,24,25,26,29)/t13-/m0/s1. The highest BCUT2D eigenvalue weighted by Crippen LogP contribution is 2.31. The van der Waals surface area contributed by atoms with Crippen LogP contribution in [0.25, 0.3) is 11.0 Å². The van der Waals surface area contributed by atoms with E-state index in [4.69, 9.17) is 10.7 Å². The van der Waals surface area contributed by atoms with Crippen molar-refractivity contribution in [3.05, 3.63) is 35.3 Å². The summed E-state index contributed by atoms with van der Waals surface area (Å²) in [6.45, 7) is 4.64. The monoisotopic (exact) mass is 449 g/mol. The van der Waals surface area contributed by atoms with Crippen LogP contribution in [0.3, 0.4) is 0 Å². The summed E-state index contributed by atoms with van der Waals surface area (Å²) in [5.74, 6) is 0.460. The summed E-state index contributed by atoms with van der Waals surface area (Å²) in [6.07, 6.45) is 2.49. The Balaban J connectivity index is 1.65. The number of nitriles is 1. The van der Waals surface area contributed by atoms with Crippen molar-refractivity contribution in [2.24, 2.45) is 7.05 Å². The number of aromatic nitrogens is 4. The van der Waals surface area contributed by atoms with Gasteiger partial charge in [0.05, 0.1) is 34.2 Å². The minimum absolute atomic E-state index is 0.0937. The normalized spacial score (nSPS) is 15.3. The van der Waals surface area contributed by atoms with E-state index in [1.54, 1.807) is 6.92 Å². The second kappa shape index (κ2) is 8.82. The first-order valence-electron chi connectivity index (χ1n) is 10.8. The molecule has 1 saturated heterocycles. The van der Waals surface area contributed by atoms with Gasteiger partial charge in [-0.15, -0.1) is 0 Å². The van der Waals surface area contributed by atoms with Crippen molar-refractivity contribution < 1.29 is 9.90 Å². The molecule has 1 amide bonds. The molecule has 0 aliphatic carbocycles. The van der Waals surface area contributed by atoms with E-state index >= 15 is 0 Å². The van der Waals surface area contributed by atoms with Gasteiger partial charge in [-0.1, -0.05) is 0 Å². The summed E-state index contributed by atoms with van der Waals surface area (Å²) in [7, 11) is 1.96. The smallest absolute Gasteiger partial charge is 0.407 e. The molecule has 0 aromatic carbocycles. The van der Waals surface area contributed by atoms with Crippen LogP contribution in [0.4, 0.5) is 22.2 Å². The molecule has 0 spiro atoms. The van der Waals surface area contributed by atoms with Crippen molar-refractivity contribution in [3.63, 3.8) is 0 Å². The SMILES string of the molecule is Cc1nc(N)nc(N[C@@H](C)c2nc3ccn(C)c3cc2NC2CCN(C(=O)O)CC2)c1C#N. The number of anilines is 3. The third-order valence-corrected chi connectivity index (χ3v) is 6.00. The van der Waals surface area contributed by atoms with Crippen LogP contribution in [-0.2, 0) is 7.05 Å². The van der Waals surface area contributed by atoms with E-state index < -0.39 is 6.09 Å². The lowest BCUT2D eigenvalue weighted by Gasteiger charge is -2.32. The summed E-state index contributed by atoms with van der Waals surface area (Å²) < 4.78 is 2.00. The van der Waals surface area contributed by atoms with E-state index in [0.717, 1.165) is 22.4 Å². The molecule has 33 heavy (non-hydrogen) atoms. The Morgan fingerprint density at radius 1 is 1.33 bits per heavy atom. The number of nitrogens with one attached hydrogen (secondary N) is 2. The highest BCUT2D eigenvalue weighted by atomic mass is 16.4. The highest BCUT2D eigenvalue weighted by molar-refractivity contribution is 5.81. The molecule has 1 atom stereocenters. The summed E-state index contributed by atoms with van der Waals surface area (Å²) >= 11 is 0. The number of fused-ring (bicyclic) bond motifs is 1. The van der Waals surface area contributed by atoms with Gasteiger partial charge in [0.15, 0.2) is 0 Å². The molecule has 0 saturated carbocycles. The molecule has 1 fully saturated rings. The van der Waals surface area contributed by atoms with E-state index in [1.807, 2.05) is 30.8 Å². The fourth-order valence-corrected chi connectivity index (χ4v) is 4.19. The quantitative estimate of drug-likeness (QED) is 0.459. The van der Waals surface area contributed by atoms with Crippen molar-refractivity contribution in [2.45, 2.75) is 38.8 Å². The number of likely N-dealkylation sites (tertiary alicyclic amines) is 1. The number of rotatable bonds is 5. The second-order valence-corrected chi connectivity index (χ2v) is 8.31. The fraction of sp³-hybridized carbons (Fsp3) is 0.409. The number of hydrogen-bond donors (Lipinski definition) is 4. The van der Waals surface area contributed by atoms with Gasteiger partial charge in [-0.3, -0.25) is 0 Å². The molecular formula is C22H27N9O2. The van der Waals surface area contributed by atoms with E-state index in [2.05, 4.69) is 32.7 Å². The summed E-state index contributed by atoms with van der Waals surface area (Å²) in [4.78, 5) is 25.9. The lowest BCUT2D eigenvalue weighted by atomic mass is 10.0. The van der Waals surface area contributed by atoms with Crippen LogP contribution in [0.5, 0.6) is 0 Å². The molecule has 1 aliphatic rings. The number of carboxylic acid groups (broad SMARTS) is 1. The van der Waals surface area contributed by atoms with E-state index in [9.17, 15) is 15.2 Å². The van der Waals surface area contributed by atoms with Crippen molar-refractivity contribution >= 4 is 34.6 Å². The number of nitrogens with zero attached hydrogens (tertiary/aromatic N) is 6. The number of nitrogen functional groups attached to an aromatic ring is 1. The largest absolute Gasteiger partial charge is 0.465 e. The molecule has 11 nitrogen and oxygen atoms in total. The summed E-state index contributed by atoms with van der Waals surface area (Å²) in [5, 5.41) is 25.6. The Morgan fingerprint density at radius 2 is 2.06 bits per heavy atom. The van der Waals surface area contributed by atoms with Crippen LogP contribution in [0, 0.1) is 18.3 Å². The zero-order valence-corrected chi connectivity index (χ0v) is 18.8. The first-order chi connectivity index (χ1) is 15.8. The topological polar surface area (TPSA) is 158 Å². The molecule has 1 aliphatic heterocycles. The molecule has 172 valence electrons. The number of piperidine rings is 1. The molecule has 5 N–H and O–H groups in total. The maximum Gasteiger partial charge on any atom is 0.407 e. The van der Waals surface area contributed by atoms with Crippen molar-refractivity contribution in [1.82, 2.24) is 24.4 Å². The molecule has 3 aromatic rings. The first-order valence-corrected chi connectivity index (χ1v) is 10.8. The Morgan fingerprint density at radius 3 is 2.73 bits per heavy atom. The zero-order chi connectivity index (χ0) is 23.7. The highest BCUT2D eigenvalue weighted by Gasteiger charge is 2.25. The van der Waals surface area contributed by atoms with Gasteiger partial charge in [0.2, 0.25) is 5.95 Å². The number of amides is 1. The molecule has 4 heterocycles. The van der Waals surface area contributed by atoms with Gasteiger partial charge >= 0.3 is 6.09 Å². The van der Waals surface area contributed by atoms with E-state index in [-0.39, 0.29) is 18.0 Å². The lowest BCUT2D eigenvalue weighted by molar-refractivity contribution is 0.134. The van der Waals surface area contributed by atoms with Crippen LogP contribution < -0.4 is 16.4 Å². The molecule has 3 aromatic heterocycles. The van der Waals surface area contributed by atoms with Gasteiger partial charge in [-0.2, -0.15) is 10.2 Å². The fourth-order valence-electron chi connectivity index (χ4n) is 4.19. The van der Waals surface area contributed by atoms with Crippen LogP contribution in [0.1, 0.15) is 42.8 Å². The Bertz CT molecular complexity index is 1240. The second-order valence-electron chi connectivity index (χ2n) is 8.31. The summed E-state index contributed by atoms with van der Waals surface area (Å²) in [5.41, 5.74) is 10.1. The molecule has 4 rings (SSSR count). The Hall–Kier alpha value is -4.07. The first kappa shape index (κ1) is 22.1. The molecule has 11 heteroatoms. The van der Waals surface area contributed by atoms with Crippen molar-refractivity contribution in [1.29, 1.82) is 5.26 Å². The third-order valence-electron chi connectivity index (χ3n) is 6.00. The number of carbonyl (C=O) groups is 1. The molecular weight excluding hydrogens is 422 g/mol. The average molecular weight is 450 g/mol. The van der Waals surface area contributed by atoms with Crippen molar-refractivity contribution in [3.8, 4) is 6.07 Å². The third kappa shape index (κ3) is 4.45. The van der Waals surface area contributed by atoms with Gasteiger partial charge in [0.1, 0.15) is 17.5 Å². The maximum atomic E-state index is 11.2. The van der Waals surface area contributed by atoms with Crippen LogP contribution in [0.2, 0.25) is 0 Å². The van der Waals surface area contributed by atoms with Gasteiger partial charge in [0.25, 0.3) is 0 Å². The molecule has 0 radical (unpaired) electrons. The number of hydrogen-bond acceptors (Lipinski definition) is 8. The predicted molar refractivity (Wildman–Crippen MR) is 125 cm³/mol. The summed E-state index contributed by atoms with van der Waals surface area (Å²) in [6, 6.07) is 5.98. The average Bonchev–Trinajstić information content (AvgIpc) is 3.13. The van der Waals surface area contributed by atoms with Gasteiger partial charge in [-0.05, 0) is 38.8 Å². The van der Waals surface area contributed by atoms with E-state index in [1.165, 1.54) is 4.90 Å². The predicted octanol–water partition coefficient (Wildman–Crippen LogP) is 2.85. The zero-order valence-electron chi connectivity index (χ0n) is 18.8. The maximum absolute atomic E-state index is 11.2. The van der Waals surface area contributed by atoms with Crippen molar-refractivity contribution in [2.75, 3.05) is 29.5 Å². The van der Waals surface area contributed by atoms with Gasteiger partial charge in [0, 0.05) is 32.4 Å². The molecule has 0 unspecified atom stereocenters. The lowest BCUT2D eigenvalue weighted by Crippen LogP contribution is -2.41. The number of aryl methyl sites for hydroxylation is 2. The Kier molecular flexibility index (Phi) is 5.91.